The summed E-state index contributed by atoms with van der Waals surface area (Å²) in [5.74, 6) is 1.69. The van der Waals surface area contributed by atoms with Crippen LogP contribution >= 0.6 is 11.6 Å². The summed E-state index contributed by atoms with van der Waals surface area (Å²) >= 11 is 5.66. The van der Waals surface area contributed by atoms with Gasteiger partial charge in [-0.3, -0.25) is 9.48 Å². The highest BCUT2D eigenvalue weighted by molar-refractivity contribution is 6.17. The predicted molar refractivity (Wildman–Crippen MR) is 83.7 cm³/mol. The molecule has 0 amide bonds. The number of rotatable bonds is 5. The zero-order valence-corrected chi connectivity index (χ0v) is 12.6. The Morgan fingerprint density at radius 3 is 2.95 bits per heavy atom. The number of halogens is 1. The van der Waals surface area contributed by atoms with E-state index in [1.54, 1.807) is 35.2 Å². The molecule has 1 aromatic carbocycles. The molecule has 0 atom stereocenters. The molecule has 3 rings (SSSR count). The van der Waals surface area contributed by atoms with Crippen LogP contribution in [0.25, 0.3) is 6.08 Å². The molecule has 22 heavy (non-hydrogen) atoms. The topological polar surface area (TPSA) is 53.4 Å². The fourth-order valence-electron chi connectivity index (χ4n) is 2.14. The van der Waals surface area contributed by atoms with Gasteiger partial charge in [0.25, 0.3) is 0 Å². The Labute approximate surface area is 133 Å². The van der Waals surface area contributed by atoms with Crippen molar-refractivity contribution in [1.82, 2.24) is 9.78 Å². The third kappa shape index (κ3) is 3.31. The number of benzene rings is 1. The van der Waals surface area contributed by atoms with Gasteiger partial charge in [0, 0.05) is 23.2 Å². The number of aryl methyl sites for hydroxylation is 1. The molecular weight excluding hydrogens is 304 g/mol. The van der Waals surface area contributed by atoms with Crippen molar-refractivity contribution in [2.45, 2.75) is 6.54 Å². The lowest BCUT2D eigenvalue weighted by molar-refractivity contribution is 0.104. The minimum Gasteiger partial charge on any atom is -0.486 e. The van der Waals surface area contributed by atoms with E-state index in [2.05, 4.69) is 5.10 Å². The van der Waals surface area contributed by atoms with Crippen molar-refractivity contribution >= 4 is 23.5 Å². The highest BCUT2D eigenvalue weighted by Crippen LogP contribution is 2.30. The summed E-state index contributed by atoms with van der Waals surface area (Å²) in [5, 5.41) is 4.15. The maximum atomic E-state index is 12.2. The zero-order chi connectivity index (χ0) is 15.4. The smallest absolute Gasteiger partial charge is 0.185 e. The molecule has 0 fully saturated rings. The summed E-state index contributed by atoms with van der Waals surface area (Å²) in [6.45, 7) is 1.68. The lowest BCUT2D eigenvalue weighted by Gasteiger charge is -2.18. The normalized spacial score (nSPS) is 13.5. The van der Waals surface area contributed by atoms with Crippen LogP contribution in [0.5, 0.6) is 11.5 Å². The number of carbonyl (C=O) groups excluding carboxylic acids is 1. The van der Waals surface area contributed by atoms with Crippen LogP contribution in [0.4, 0.5) is 0 Å². The highest BCUT2D eigenvalue weighted by Gasteiger charge is 2.13. The van der Waals surface area contributed by atoms with E-state index in [9.17, 15) is 4.79 Å². The molecule has 2 aromatic rings. The molecule has 0 saturated carbocycles. The molecular formula is C16H15ClN2O3. The second kappa shape index (κ2) is 6.66. The van der Waals surface area contributed by atoms with E-state index in [-0.39, 0.29) is 5.78 Å². The second-order valence-corrected chi connectivity index (χ2v) is 5.16. The predicted octanol–water partition coefficient (Wildman–Crippen LogP) is 2.79. The fourth-order valence-corrected chi connectivity index (χ4v) is 2.31. The monoisotopic (exact) mass is 318 g/mol. The number of nitrogens with zero attached hydrogens (tertiary/aromatic N) is 2. The van der Waals surface area contributed by atoms with Crippen LogP contribution in [-0.4, -0.2) is 34.7 Å². The van der Waals surface area contributed by atoms with Crippen LogP contribution in [0.1, 0.15) is 15.9 Å². The Hall–Kier alpha value is -2.27. The summed E-state index contributed by atoms with van der Waals surface area (Å²) in [5.41, 5.74) is 1.42. The van der Waals surface area contributed by atoms with E-state index in [0.29, 0.717) is 42.7 Å². The Morgan fingerprint density at radius 1 is 1.32 bits per heavy atom. The molecule has 0 bridgehead atoms. The van der Waals surface area contributed by atoms with E-state index < -0.39 is 0 Å². The molecule has 6 heteroatoms. The Bertz CT molecular complexity index is 709. The van der Waals surface area contributed by atoms with Gasteiger partial charge in [0.1, 0.15) is 13.2 Å². The number of allylic oxidation sites excluding steroid dienone is 1. The lowest BCUT2D eigenvalue weighted by Crippen LogP contribution is -2.15. The van der Waals surface area contributed by atoms with Crippen molar-refractivity contribution in [3.05, 3.63) is 47.8 Å². The highest BCUT2D eigenvalue weighted by atomic mass is 35.5. The standard InChI is InChI=1S/C16H15ClN2O3/c17-5-6-19-11-12(10-18-19)1-3-14(20)13-2-4-15-16(9-13)22-8-7-21-15/h1-4,9-11H,5-8H2. The fraction of sp³-hybridized carbons (Fsp3) is 0.250. The van der Waals surface area contributed by atoms with Crippen molar-refractivity contribution in [2.24, 2.45) is 0 Å². The van der Waals surface area contributed by atoms with Crippen LogP contribution in [0.15, 0.2) is 36.7 Å². The number of carbonyl (C=O) groups is 1. The first-order valence-corrected chi connectivity index (χ1v) is 7.50. The molecule has 114 valence electrons. The van der Waals surface area contributed by atoms with Crippen molar-refractivity contribution in [2.75, 3.05) is 19.1 Å². The molecule has 0 radical (unpaired) electrons. The molecule has 0 saturated heterocycles. The summed E-state index contributed by atoms with van der Waals surface area (Å²) in [6, 6.07) is 5.20. The maximum absolute atomic E-state index is 12.2. The third-order valence-corrected chi connectivity index (χ3v) is 3.39. The molecule has 1 aliphatic rings. The van der Waals surface area contributed by atoms with Crippen LogP contribution < -0.4 is 9.47 Å². The van der Waals surface area contributed by atoms with Gasteiger partial charge in [0.2, 0.25) is 0 Å². The minimum absolute atomic E-state index is 0.0953. The molecule has 0 unspecified atom stereocenters. The van der Waals surface area contributed by atoms with Crippen LogP contribution in [0, 0.1) is 0 Å². The van der Waals surface area contributed by atoms with E-state index >= 15 is 0 Å². The van der Waals surface area contributed by atoms with E-state index in [4.69, 9.17) is 21.1 Å². The van der Waals surface area contributed by atoms with Gasteiger partial charge >= 0.3 is 0 Å². The van der Waals surface area contributed by atoms with Gasteiger partial charge in [-0.2, -0.15) is 5.10 Å². The number of aromatic nitrogens is 2. The summed E-state index contributed by atoms with van der Waals surface area (Å²) < 4.78 is 12.7. The number of ether oxygens (including phenoxy) is 2. The number of fused-ring (bicyclic) bond motifs is 1. The van der Waals surface area contributed by atoms with Crippen molar-refractivity contribution in [3.8, 4) is 11.5 Å². The van der Waals surface area contributed by atoms with E-state index in [0.717, 1.165) is 5.56 Å². The maximum Gasteiger partial charge on any atom is 0.185 e. The van der Waals surface area contributed by atoms with E-state index in [1.165, 1.54) is 6.08 Å². The molecule has 1 aliphatic heterocycles. The van der Waals surface area contributed by atoms with Gasteiger partial charge in [-0.25, -0.2) is 0 Å². The molecule has 2 heterocycles. The van der Waals surface area contributed by atoms with Crippen molar-refractivity contribution in [3.63, 3.8) is 0 Å². The van der Waals surface area contributed by atoms with Crippen molar-refractivity contribution in [1.29, 1.82) is 0 Å². The number of ketones is 1. The average Bonchev–Trinajstić information content (AvgIpc) is 3.00. The molecule has 1 aromatic heterocycles. The molecule has 0 spiro atoms. The first kappa shape index (κ1) is 14.7. The zero-order valence-electron chi connectivity index (χ0n) is 11.9. The van der Waals surface area contributed by atoms with Gasteiger partial charge < -0.3 is 9.47 Å². The second-order valence-electron chi connectivity index (χ2n) is 4.78. The van der Waals surface area contributed by atoms with Gasteiger partial charge in [0.15, 0.2) is 17.3 Å². The molecule has 0 aliphatic carbocycles. The Kier molecular flexibility index (Phi) is 4.44. The Morgan fingerprint density at radius 2 is 2.14 bits per heavy atom. The van der Waals surface area contributed by atoms with Gasteiger partial charge in [-0.15, -0.1) is 11.6 Å². The van der Waals surface area contributed by atoms with Gasteiger partial charge in [-0.1, -0.05) is 0 Å². The largest absolute Gasteiger partial charge is 0.486 e. The van der Waals surface area contributed by atoms with Crippen LogP contribution in [0.2, 0.25) is 0 Å². The van der Waals surface area contributed by atoms with Gasteiger partial charge in [0.05, 0.1) is 12.7 Å². The first-order chi connectivity index (χ1) is 10.8. The van der Waals surface area contributed by atoms with Crippen LogP contribution in [-0.2, 0) is 6.54 Å². The van der Waals surface area contributed by atoms with Gasteiger partial charge in [-0.05, 0) is 30.4 Å². The number of hydrogen-bond donors (Lipinski definition) is 0. The minimum atomic E-state index is -0.0953. The number of alkyl halides is 1. The summed E-state index contributed by atoms with van der Waals surface area (Å²) in [4.78, 5) is 12.2. The lowest BCUT2D eigenvalue weighted by atomic mass is 10.1. The van der Waals surface area contributed by atoms with Crippen LogP contribution in [0.3, 0.4) is 0 Å². The average molecular weight is 319 g/mol. The van der Waals surface area contributed by atoms with Crippen molar-refractivity contribution < 1.29 is 14.3 Å². The quantitative estimate of drug-likeness (QED) is 0.483. The molecule has 5 nitrogen and oxygen atoms in total. The summed E-state index contributed by atoms with van der Waals surface area (Å²) in [6.07, 6.45) is 6.79. The summed E-state index contributed by atoms with van der Waals surface area (Å²) in [7, 11) is 0. The molecule has 0 N–H and O–H groups in total. The first-order valence-electron chi connectivity index (χ1n) is 6.97. The SMILES string of the molecule is O=C(C=Cc1cnn(CCCl)c1)c1ccc2c(c1)OCCO2. The Balaban J connectivity index is 1.71. The van der Waals surface area contributed by atoms with E-state index in [1.807, 2.05) is 6.20 Å². The number of hydrogen-bond acceptors (Lipinski definition) is 4. The third-order valence-electron chi connectivity index (χ3n) is 3.22.